The molecule has 0 saturated heterocycles. The number of hydrogen-bond donors (Lipinski definition) is 0. The molecule has 0 amide bonds. The number of nitro groups is 1. The van der Waals surface area contributed by atoms with Gasteiger partial charge in [0.05, 0.1) is 29.2 Å². The van der Waals surface area contributed by atoms with E-state index in [1.54, 1.807) is 30.1 Å². The van der Waals surface area contributed by atoms with Crippen molar-refractivity contribution in [2.45, 2.75) is 17.9 Å². The summed E-state index contributed by atoms with van der Waals surface area (Å²) >= 11 is 1.69. The number of carbonyl (C=O) groups is 1. The van der Waals surface area contributed by atoms with Crippen LogP contribution in [0.1, 0.15) is 18.4 Å². The zero-order valence-corrected chi connectivity index (χ0v) is 15.7. The first-order chi connectivity index (χ1) is 13.1. The Kier molecular flexibility index (Phi) is 8.31. The molecule has 7 nitrogen and oxygen atoms in total. The van der Waals surface area contributed by atoms with Crippen LogP contribution in [-0.2, 0) is 9.53 Å². The molecule has 0 bridgehead atoms. The molecular formula is C19H20N2O5S. The Morgan fingerprint density at radius 1 is 1.30 bits per heavy atom. The Labute approximate surface area is 161 Å². The molecule has 0 aliphatic carbocycles. The number of nitro benzene ring substituents is 1. The predicted molar refractivity (Wildman–Crippen MR) is 104 cm³/mol. The second-order valence-electron chi connectivity index (χ2n) is 5.41. The van der Waals surface area contributed by atoms with Gasteiger partial charge in [0.2, 0.25) is 0 Å². The molecule has 8 heteroatoms. The summed E-state index contributed by atoms with van der Waals surface area (Å²) in [6.07, 6.45) is 6.07. The standard InChI is InChI=1S/C19H20N2O5S/c1-25-19(22)10-7-15-14-16(8-9-17(15)21(23)24)26-12-4-5-13-27-18-6-2-3-11-20-18/h2-3,6-11,14H,4-5,12-13H2,1H3. The van der Waals surface area contributed by atoms with Crippen molar-refractivity contribution in [1.82, 2.24) is 4.98 Å². The van der Waals surface area contributed by atoms with E-state index in [0.717, 1.165) is 29.7 Å². The number of nitrogens with zero attached hydrogens (tertiary/aromatic N) is 2. The molecule has 0 atom stereocenters. The molecule has 1 heterocycles. The molecule has 0 fully saturated rings. The molecule has 1 aromatic carbocycles. The number of hydrogen-bond acceptors (Lipinski definition) is 7. The maximum Gasteiger partial charge on any atom is 0.330 e. The van der Waals surface area contributed by atoms with Gasteiger partial charge in [-0.25, -0.2) is 9.78 Å². The molecule has 0 N–H and O–H groups in total. The lowest BCUT2D eigenvalue weighted by atomic mass is 10.1. The Bertz CT molecular complexity index is 796. The van der Waals surface area contributed by atoms with Crippen molar-refractivity contribution in [2.75, 3.05) is 19.5 Å². The molecule has 0 spiro atoms. The first-order valence-electron chi connectivity index (χ1n) is 8.31. The third-order valence-corrected chi connectivity index (χ3v) is 4.52. The van der Waals surface area contributed by atoms with E-state index < -0.39 is 10.9 Å². The summed E-state index contributed by atoms with van der Waals surface area (Å²) in [5, 5.41) is 12.1. The first kappa shape index (κ1) is 20.4. The molecule has 142 valence electrons. The summed E-state index contributed by atoms with van der Waals surface area (Å²) in [6.45, 7) is 0.501. The SMILES string of the molecule is COC(=O)C=Cc1cc(OCCCCSc2ccccn2)ccc1[N+](=O)[O-]. The van der Waals surface area contributed by atoms with Gasteiger partial charge in [0, 0.05) is 18.3 Å². The van der Waals surface area contributed by atoms with Gasteiger partial charge in [-0.05, 0) is 48.9 Å². The minimum Gasteiger partial charge on any atom is -0.494 e. The normalized spacial score (nSPS) is 10.7. The van der Waals surface area contributed by atoms with Crippen LogP contribution in [0.3, 0.4) is 0 Å². The Morgan fingerprint density at radius 2 is 2.15 bits per heavy atom. The maximum atomic E-state index is 11.2. The van der Waals surface area contributed by atoms with Crippen LogP contribution >= 0.6 is 11.8 Å². The zero-order valence-electron chi connectivity index (χ0n) is 14.9. The van der Waals surface area contributed by atoms with Gasteiger partial charge < -0.3 is 9.47 Å². The summed E-state index contributed by atoms with van der Waals surface area (Å²) in [6, 6.07) is 10.3. The van der Waals surface area contributed by atoms with E-state index in [0.29, 0.717) is 12.4 Å². The second kappa shape index (κ2) is 11.0. The molecule has 0 saturated carbocycles. The summed E-state index contributed by atoms with van der Waals surface area (Å²) in [5.74, 6) is 0.872. The lowest BCUT2D eigenvalue weighted by Crippen LogP contribution is -2.00. The fraction of sp³-hybridized carbons (Fsp3) is 0.263. The number of aromatic nitrogens is 1. The van der Waals surface area contributed by atoms with E-state index in [-0.39, 0.29) is 11.3 Å². The van der Waals surface area contributed by atoms with E-state index >= 15 is 0 Å². The van der Waals surface area contributed by atoms with Gasteiger partial charge in [0.25, 0.3) is 5.69 Å². The number of thioether (sulfide) groups is 1. The summed E-state index contributed by atoms with van der Waals surface area (Å²) < 4.78 is 10.2. The quantitative estimate of drug-likeness (QED) is 0.151. The predicted octanol–water partition coefficient (Wildman–Crippen LogP) is 4.13. The smallest absolute Gasteiger partial charge is 0.330 e. The molecule has 0 radical (unpaired) electrons. The number of ether oxygens (including phenoxy) is 2. The molecular weight excluding hydrogens is 368 g/mol. The molecule has 0 aliphatic rings. The van der Waals surface area contributed by atoms with Crippen molar-refractivity contribution in [2.24, 2.45) is 0 Å². The first-order valence-corrected chi connectivity index (χ1v) is 9.30. The third-order valence-electron chi connectivity index (χ3n) is 3.49. The van der Waals surface area contributed by atoms with Crippen LogP contribution in [0.2, 0.25) is 0 Å². The largest absolute Gasteiger partial charge is 0.494 e. The highest BCUT2D eigenvalue weighted by atomic mass is 32.2. The third kappa shape index (κ3) is 7.10. The monoisotopic (exact) mass is 388 g/mol. The minimum atomic E-state index is -0.582. The van der Waals surface area contributed by atoms with Gasteiger partial charge in [0.15, 0.2) is 0 Å². The van der Waals surface area contributed by atoms with Gasteiger partial charge in [-0.15, -0.1) is 11.8 Å². The molecule has 2 rings (SSSR count). The fourth-order valence-electron chi connectivity index (χ4n) is 2.15. The Balaban J connectivity index is 1.84. The Hall–Kier alpha value is -2.87. The summed E-state index contributed by atoms with van der Waals surface area (Å²) in [5.41, 5.74) is 0.183. The lowest BCUT2D eigenvalue weighted by Gasteiger charge is -2.07. The van der Waals surface area contributed by atoms with Crippen molar-refractivity contribution >= 4 is 29.5 Å². The maximum absolute atomic E-state index is 11.2. The van der Waals surface area contributed by atoms with Crippen LogP contribution in [-0.4, -0.2) is 35.3 Å². The number of methoxy groups -OCH3 is 1. The average molecular weight is 388 g/mol. The number of pyridine rings is 1. The molecule has 0 aliphatic heterocycles. The topological polar surface area (TPSA) is 91.6 Å². The highest BCUT2D eigenvalue weighted by Gasteiger charge is 2.13. The van der Waals surface area contributed by atoms with E-state index in [1.807, 2.05) is 18.2 Å². The van der Waals surface area contributed by atoms with Crippen LogP contribution < -0.4 is 4.74 Å². The van der Waals surface area contributed by atoms with Crippen LogP contribution in [0, 0.1) is 10.1 Å². The number of rotatable bonds is 10. The van der Waals surface area contributed by atoms with Gasteiger partial charge >= 0.3 is 5.97 Å². The second-order valence-corrected chi connectivity index (χ2v) is 6.52. The van der Waals surface area contributed by atoms with Crippen LogP contribution in [0.25, 0.3) is 6.08 Å². The van der Waals surface area contributed by atoms with Crippen LogP contribution in [0.5, 0.6) is 5.75 Å². The van der Waals surface area contributed by atoms with Crippen molar-refractivity contribution in [3.8, 4) is 5.75 Å². The number of carbonyl (C=O) groups excluding carboxylic acids is 1. The van der Waals surface area contributed by atoms with E-state index in [4.69, 9.17) is 4.74 Å². The molecule has 27 heavy (non-hydrogen) atoms. The highest BCUT2D eigenvalue weighted by molar-refractivity contribution is 7.99. The van der Waals surface area contributed by atoms with Gasteiger partial charge in [-0.2, -0.15) is 0 Å². The molecule has 0 unspecified atom stereocenters. The number of esters is 1. The highest BCUT2D eigenvalue weighted by Crippen LogP contribution is 2.25. The van der Waals surface area contributed by atoms with E-state index in [2.05, 4.69) is 9.72 Å². The van der Waals surface area contributed by atoms with Crippen LogP contribution in [0.4, 0.5) is 5.69 Å². The Morgan fingerprint density at radius 3 is 2.85 bits per heavy atom. The van der Waals surface area contributed by atoms with Crippen molar-refractivity contribution in [3.05, 3.63) is 64.3 Å². The van der Waals surface area contributed by atoms with Crippen molar-refractivity contribution in [1.29, 1.82) is 0 Å². The lowest BCUT2D eigenvalue weighted by molar-refractivity contribution is -0.385. The number of benzene rings is 1. The zero-order chi connectivity index (χ0) is 19.5. The average Bonchev–Trinajstić information content (AvgIpc) is 2.69. The molecule has 1 aromatic heterocycles. The minimum absolute atomic E-state index is 0.103. The van der Waals surface area contributed by atoms with Crippen molar-refractivity contribution in [3.63, 3.8) is 0 Å². The summed E-state index contributed by atoms with van der Waals surface area (Å²) in [4.78, 5) is 26.1. The fourth-order valence-corrected chi connectivity index (χ4v) is 3.02. The molecule has 2 aromatic rings. The number of unbranched alkanes of at least 4 members (excludes halogenated alkanes) is 1. The van der Waals surface area contributed by atoms with E-state index in [1.165, 1.54) is 19.3 Å². The van der Waals surface area contributed by atoms with Gasteiger partial charge in [-0.3, -0.25) is 10.1 Å². The van der Waals surface area contributed by atoms with Gasteiger partial charge in [0.1, 0.15) is 5.75 Å². The van der Waals surface area contributed by atoms with Gasteiger partial charge in [-0.1, -0.05) is 6.07 Å². The van der Waals surface area contributed by atoms with E-state index in [9.17, 15) is 14.9 Å². The summed E-state index contributed by atoms with van der Waals surface area (Å²) in [7, 11) is 1.24. The van der Waals surface area contributed by atoms with Crippen LogP contribution in [0.15, 0.2) is 53.7 Å². The van der Waals surface area contributed by atoms with Crippen molar-refractivity contribution < 1.29 is 19.2 Å².